The number of carbonyl (C=O) groups excluding carboxylic acids is 1. The smallest absolute Gasteiger partial charge is 0.225 e. The van der Waals surface area contributed by atoms with Crippen molar-refractivity contribution in [1.82, 2.24) is 10.2 Å². The predicted octanol–water partition coefficient (Wildman–Crippen LogP) is 0.853. The summed E-state index contributed by atoms with van der Waals surface area (Å²) in [6.07, 6.45) is 0.940. The molecule has 0 aromatic rings. The normalized spacial score (nSPS) is 19.3. The molecule has 1 aliphatic rings. The summed E-state index contributed by atoms with van der Waals surface area (Å²) in [5, 5.41) is 3.19. The molecule has 0 spiro atoms. The highest BCUT2D eigenvalue weighted by atomic mass is 16.2. The highest BCUT2D eigenvalue weighted by Gasteiger charge is 2.28. The van der Waals surface area contributed by atoms with Crippen molar-refractivity contribution in [2.45, 2.75) is 33.2 Å². The van der Waals surface area contributed by atoms with E-state index in [1.54, 1.807) is 0 Å². The fraction of sp³-hybridized carbons (Fsp3) is 0.900. The number of hydrogen-bond acceptors (Lipinski definition) is 2. The first-order valence-electron chi connectivity index (χ1n) is 5.21. The first-order valence-corrected chi connectivity index (χ1v) is 5.21. The summed E-state index contributed by atoms with van der Waals surface area (Å²) in [6, 6.07) is 0.450. The zero-order valence-corrected chi connectivity index (χ0v) is 8.84. The summed E-state index contributed by atoms with van der Waals surface area (Å²) < 4.78 is 0. The summed E-state index contributed by atoms with van der Waals surface area (Å²) in [4.78, 5) is 13.8. The largest absolute Gasteiger partial charge is 0.337 e. The molecule has 1 saturated heterocycles. The van der Waals surface area contributed by atoms with E-state index in [0.717, 1.165) is 26.1 Å². The zero-order chi connectivity index (χ0) is 9.84. The van der Waals surface area contributed by atoms with E-state index in [0.29, 0.717) is 11.9 Å². The van der Waals surface area contributed by atoms with Gasteiger partial charge in [0.25, 0.3) is 0 Å². The molecule has 3 heteroatoms. The summed E-state index contributed by atoms with van der Waals surface area (Å²) >= 11 is 0. The van der Waals surface area contributed by atoms with E-state index in [1.165, 1.54) is 0 Å². The molecule has 1 atom stereocenters. The van der Waals surface area contributed by atoms with Crippen LogP contribution in [0.15, 0.2) is 0 Å². The van der Waals surface area contributed by atoms with E-state index in [9.17, 15) is 4.79 Å². The van der Waals surface area contributed by atoms with Crippen LogP contribution in [0.1, 0.15) is 27.2 Å². The quantitative estimate of drug-likeness (QED) is 0.702. The van der Waals surface area contributed by atoms with Gasteiger partial charge < -0.3 is 10.2 Å². The van der Waals surface area contributed by atoms with Crippen molar-refractivity contribution in [3.05, 3.63) is 0 Å². The summed E-state index contributed by atoms with van der Waals surface area (Å²) in [5.41, 5.74) is 0. The van der Waals surface area contributed by atoms with Crippen LogP contribution in [-0.4, -0.2) is 36.5 Å². The molecule has 3 nitrogen and oxygen atoms in total. The van der Waals surface area contributed by atoms with Gasteiger partial charge in [-0.15, -0.1) is 0 Å². The lowest BCUT2D eigenvalue weighted by atomic mass is 10.0. The van der Waals surface area contributed by atoms with Gasteiger partial charge in [-0.3, -0.25) is 4.79 Å². The molecule has 1 unspecified atom stereocenters. The van der Waals surface area contributed by atoms with Crippen LogP contribution < -0.4 is 5.32 Å². The Morgan fingerprint density at radius 1 is 1.54 bits per heavy atom. The van der Waals surface area contributed by atoms with Gasteiger partial charge in [-0.25, -0.2) is 0 Å². The molecule has 1 amide bonds. The molecule has 76 valence electrons. The summed E-state index contributed by atoms with van der Waals surface area (Å²) in [7, 11) is 0. The summed E-state index contributed by atoms with van der Waals surface area (Å²) in [6.45, 7) is 8.91. The Hall–Kier alpha value is -0.570. The fourth-order valence-corrected chi connectivity index (χ4v) is 1.55. The number of nitrogens with zero attached hydrogens (tertiary/aromatic N) is 1. The van der Waals surface area contributed by atoms with E-state index in [2.05, 4.69) is 19.2 Å². The molecular weight excluding hydrogens is 164 g/mol. The van der Waals surface area contributed by atoms with Crippen LogP contribution in [0.2, 0.25) is 0 Å². The summed E-state index contributed by atoms with van der Waals surface area (Å²) in [5.74, 6) is 0.497. The topological polar surface area (TPSA) is 32.3 Å². The number of rotatable bonds is 4. The Labute approximate surface area is 80.5 Å². The molecule has 1 heterocycles. The van der Waals surface area contributed by atoms with Crippen molar-refractivity contribution >= 4 is 5.91 Å². The van der Waals surface area contributed by atoms with Crippen LogP contribution in [-0.2, 0) is 4.79 Å². The third-order valence-corrected chi connectivity index (χ3v) is 2.86. The van der Waals surface area contributed by atoms with Gasteiger partial charge in [0.1, 0.15) is 0 Å². The van der Waals surface area contributed by atoms with Crippen molar-refractivity contribution in [1.29, 1.82) is 0 Å². The third kappa shape index (κ3) is 2.21. The maximum atomic E-state index is 11.8. The Balaban J connectivity index is 2.49. The molecule has 0 bridgehead atoms. The lowest BCUT2D eigenvalue weighted by Crippen LogP contribution is -2.59. The van der Waals surface area contributed by atoms with Crippen LogP contribution in [0.25, 0.3) is 0 Å². The SMILES string of the molecule is CCC(C)C(=O)N(CC)C1CNC1. The molecule has 0 aromatic heterocycles. The van der Waals surface area contributed by atoms with Gasteiger partial charge in [-0.1, -0.05) is 13.8 Å². The lowest BCUT2D eigenvalue weighted by Gasteiger charge is -2.38. The Kier molecular flexibility index (Phi) is 3.72. The van der Waals surface area contributed by atoms with Crippen LogP contribution in [0, 0.1) is 5.92 Å². The van der Waals surface area contributed by atoms with Crippen molar-refractivity contribution in [3.63, 3.8) is 0 Å². The lowest BCUT2D eigenvalue weighted by molar-refractivity contribution is -0.138. The van der Waals surface area contributed by atoms with E-state index < -0.39 is 0 Å². The molecule has 0 aromatic carbocycles. The second-order valence-corrected chi connectivity index (χ2v) is 3.75. The molecule has 0 aliphatic carbocycles. The third-order valence-electron chi connectivity index (χ3n) is 2.86. The van der Waals surface area contributed by atoms with E-state index in [1.807, 2.05) is 11.8 Å². The van der Waals surface area contributed by atoms with Crippen LogP contribution in [0.3, 0.4) is 0 Å². The number of carbonyl (C=O) groups is 1. The molecule has 1 fully saturated rings. The maximum Gasteiger partial charge on any atom is 0.225 e. The van der Waals surface area contributed by atoms with Gasteiger partial charge in [0.15, 0.2) is 0 Å². The van der Waals surface area contributed by atoms with Crippen molar-refractivity contribution < 1.29 is 4.79 Å². The van der Waals surface area contributed by atoms with Gasteiger partial charge in [0.05, 0.1) is 6.04 Å². The van der Waals surface area contributed by atoms with E-state index >= 15 is 0 Å². The predicted molar refractivity (Wildman–Crippen MR) is 53.5 cm³/mol. The van der Waals surface area contributed by atoms with Gasteiger partial charge in [-0.2, -0.15) is 0 Å². The zero-order valence-electron chi connectivity index (χ0n) is 8.84. The highest BCUT2D eigenvalue weighted by Crippen LogP contribution is 2.12. The van der Waals surface area contributed by atoms with Crippen molar-refractivity contribution in [3.8, 4) is 0 Å². The van der Waals surface area contributed by atoms with Gasteiger partial charge in [0.2, 0.25) is 5.91 Å². The van der Waals surface area contributed by atoms with Crippen molar-refractivity contribution in [2.24, 2.45) is 5.92 Å². The Morgan fingerprint density at radius 2 is 2.15 bits per heavy atom. The van der Waals surface area contributed by atoms with Gasteiger partial charge >= 0.3 is 0 Å². The number of likely N-dealkylation sites (N-methyl/N-ethyl adjacent to an activating group) is 1. The van der Waals surface area contributed by atoms with Gasteiger partial charge in [-0.05, 0) is 13.3 Å². The first kappa shape index (κ1) is 10.5. The van der Waals surface area contributed by atoms with Crippen LogP contribution in [0.4, 0.5) is 0 Å². The average molecular weight is 184 g/mol. The highest BCUT2D eigenvalue weighted by molar-refractivity contribution is 5.78. The maximum absolute atomic E-state index is 11.8. The number of amides is 1. The van der Waals surface area contributed by atoms with Crippen molar-refractivity contribution in [2.75, 3.05) is 19.6 Å². The number of hydrogen-bond donors (Lipinski definition) is 1. The number of nitrogens with one attached hydrogen (secondary N) is 1. The second-order valence-electron chi connectivity index (χ2n) is 3.75. The monoisotopic (exact) mass is 184 g/mol. The van der Waals surface area contributed by atoms with E-state index in [4.69, 9.17) is 0 Å². The minimum Gasteiger partial charge on any atom is -0.337 e. The molecule has 0 saturated carbocycles. The second kappa shape index (κ2) is 4.61. The van der Waals surface area contributed by atoms with Gasteiger partial charge in [0, 0.05) is 25.6 Å². The first-order chi connectivity index (χ1) is 6.20. The minimum atomic E-state index is 0.181. The Bertz CT molecular complexity index is 178. The minimum absolute atomic E-state index is 0.181. The van der Waals surface area contributed by atoms with E-state index in [-0.39, 0.29) is 5.92 Å². The average Bonchev–Trinajstić information content (AvgIpc) is 2.08. The molecule has 1 aliphatic heterocycles. The fourth-order valence-electron chi connectivity index (χ4n) is 1.55. The molecule has 0 radical (unpaired) electrons. The van der Waals surface area contributed by atoms with Crippen LogP contribution in [0.5, 0.6) is 0 Å². The molecule has 1 rings (SSSR count). The van der Waals surface area contributed by atoms with Crippen LogP contribution >= 0.6 is 0 Å². The standard InChI is InChI=1S/C10H20N2O/c1-4-8(3)10(13)12(5-2)9-6-11-7-9/h8-9,11H,4-7H2,1-3H3. The molecule has 1 N–H and O–H groups in total. The molecular formula is C10H20N2O. The molecule has 13 heavy (non-hydrogen) atoms. The Morgan fingerprint density at radius 3 is 2.46 bits per heavy atom.